The number of hydrogen-bond donors (Lipinski definition) is 0. The van der Waals surface area contributed by atoms with E-state index in [9.17, 15) is 13.2 Å². The molecule has 0 aliphatic carbocycles. The predicted octanol–water partition coefficient (Wildman–Crippen LogP) is 7.91. The third kappa shape index (κ3) is 13.1. The molecule has 1 unspecified atom stereocenters. The maximum Gasteiger partial charge on any atom is 0.416 e. The minimum absolute atomic E-state index is 0.0236. The number of alkyl halides is 3. The summed E-state index contributed by atoms with van der Waals surface area (Å²) >= 11 is 0. The van der Waals surface area contributed by atoms with Gasteiger partial charge in [0.15, 0.2) is 0 Å². The van der Waals surface area contributed by atoms with Gasteiger partial charge in [-0.05, 0) is 51.2 Å². The molecular formula is C25H41F3O3. The van der Waals surface area contributed by atoms with Gasteiger partial charge in [0.2, 0.25) is 0 Å². The van der Waals surface area contributed by atoms with E-state index in [-0.39, 0.29) is 6.10 Å². The standard InChI is InChI=1S/C25H41F3O3/c1-4-7-8-9-10-11-12-18-23(31-24(29-5-2)30-6-3)19-14-16-21-15-13-17-22(20-21)25(26,27)28/h13,15,17,20,23-24H,4-12,14,16,18-19H2,1-3H3. The highest BCUT2D eigenvalue weighted by Gasteiger charge is 2.30. The molecule has 0 bridgehead atoms. The van der Waals surface area contributed by atoms with Crippen LogP contribution >= 0.6 is 0 Å². The first-order chi connectivity index (χ1) is 14.9. The molecule has 3 nitrogen and oxygen atoms in total. The van der Waals surface area contributed by atoms with Gasteiger partial charge in [0, 0.05) is 13.2 Å². The first kappa shape index (κ1) is 27.9. The topological polar surface area (TPSA) is 27.7 Å². The highest BCUT2D eigenvalue weighted by atomic mass is 19.4. The summed E-state index contributed by atoms with van der Waals surface area (Å²) in [4.78, 5) is 0. The second-order valence-electron chi connectivity index (χ2n) is 7.96. The average molecular weight is 447 g/mol. The van der Waals surface area contributed by atoms with Gasteiger partial charge in [-0.15, -0.1) is 0 Å². The second kappa shape index (κ2) is 16.5. The molecule has 0 aromatic heterocycles. The molecule has 1 aromatic carbocycles. The molecule has 6 heteroatoms. The van der Waals surface area contributed by atoms with Crippen molar-refractivity contribution in [1.29, 1.82) is 0 Å². The number of benzene rings is 1. The molecule has 0 aliphatic heterocycles. The van der Waals surface area contributed by atoms with Gasteiger partial charge in [0.1, 0.15) is 0 Å². The number of aryl methyl sites for hydroxylation is 1. The van der Waals surface area contributed by atoms with Crippen LogP contribution in [0.5, 0.6) is 0 Å². The van der Waals surface area contributed by atoms with E-state index in [1.165, 1.54) is 50.7 Å². The van der Waals surface area contributed by atoms with Gasteiger partial charge in [0.05, 0.1) is 11.7 Å². The molecule has 0 radical (unpaired) electrons. The van der Waals surface area contributed by atoms with Crippen molar-refractivity contribution in [2.24, 2.45) is 0 Å². The van der Waals surface area contributed by atoms with Crippen molar-refractivity contribution in [3.8, 4) is 0 Å². The Morgan fingerprint density at radius 1 is 0.806 bits per heavy atom. The molecule has 0 N–H and O–H groups in total. The fourth-order valence-corrected chi connectivity index (χ4v) is 3.60. The number of unbranched alkanes of at least 4 members (excludes halogenated alkanes) is 6. The van der Waals surface area contributed by atoms with Gasteiger partial charge < -0.3 is 14.2 Å². The normalized spacial score (nSPS) is 13.1. The van der Waals surface area contributed by atoms with Gasteiger partial charge in [-0.2, -0.15) is 13.2 Å². The monoisotopic (exact) mass is 446 g/mol. The van der Waals surface area contributed by atoms with E-state index in [1.54, 1.807) is 6.07 Å². The molecular weight excluding hydrogens is 405 g/mol. The van der Waals surface area contributed by atoms with E-state index in [4.69, 9.17) is 14.2 Å². The third-order valence-corrected chi connectivity index (χ3v) is 5.28. The zero-order valence-electron chi connectivity index (χ0n) is 19.5. The zero-order valence-corrected chi connectivity index (χ0v) is 19.5. The molecule has 0 saturated carbocycles. The number of halogens is 3. The Morgan fingerprint density at radius 3 is 2.03 bits per heavy atom. The summed E-state index contributed by atoms with van der Waals surface area (Å²) in [6.07, 6.45) is 7.29. The smallest absolute Gasteiger partial charge is 0.330 e. The van der Waals surface area contributed by atoms with E-state index in [2.05, 4.69) is 6.92 Å². The fourth-order valence-electron chi connectivity index (χ4n) is 3.60. The van der Waals surface area contributed by atoms with E-state index < -0.39 is 18.2 Å². The summed E-state index contributed by atoms with van der Waals surface area (Å²) < 4.78 is 55.9. The van der Waals surface area contributed by atoms with Crippen LogP contribution < -0.4 is 0 Å². The van der Waals surface area contributed by atoms with E-state index in [0.29, 0.717) is 25.2 Å². The van der Waals surface area contributed by atoms with Crippen LogP contribution in [0.25, 0.3) is 0 Å². The lowest BCUT2D eigenvalue weighted by molar-refractivity contribution is -0.302. The number of ether oxygens (including phenoxy) is 3. The van der Waals surface area contributed by atoms with Crippen LogP contribution in [-0.2, 0) is 26.8 Å². The maximum absolute atomic E-state index is 12.9. The Bertz CT molecular complexity index is 557. The van der Waals surface area contributed by atoms with E-state index in [0.717, 1.165) is 31.7 Å². The van der Waals surface area contributed by atoms with Gasteiger partial charge >= 0.3 is 6.18 Å². The van der Waals surface area contributed by atoms with Crippen molar-refractivity contribution >= 4 is 0 Å². The lowest BCUT2D eigenvalue weighted by Gasteiger charge is -2.24. The predicted molar refractivity (Wildman–Crippen MR) is 119 cm³/mol. The molecule has 0 saturated heterocycles. The quantitative estimate of drug-likeness (QED) is 0.169. The van der Waals surface area contributed by atoms with Crippen LogP contribution in [0.1, 0.15) is 96.1 Å². The van der Waals surface area contributed by atoms with Gasteiger partial charge in [-0.1, -0.05) is 70.1 Å². The van der Waals surface area contributed by atoms with Gasteiger partial charge in [-0.3, -0.25) is 0 Å². The first-order valence-corrected chi connectivity index (χ1v) is 11.9. The number of rotatable bonds is 18. The second-order valence-corrected chi connectivity index (χ2v) is 7.96. The van der Waals surface area contributed by atoms with Crippen molar-refractivity contribution in [2.75, 3.05) is 13.2 Å². The third-order valence-electron chi connectivity index (χ3n) is 5.28. The van der Waals surface area contributed by atoms with Crippen LogP contribution in [0, 0.1) is 0 Å². The molecule has 0 amide bonds. The molecule has 1 aromatic rings. The van der Waals surface area contributed by atoms with Crippen LogP contribution in [0.2, 0.25) is 0 Å². The van der Waals surface area contributed by atoms with Gasteiger partial charge in [-0.25, -0.2) is 0 Å². The SMILES string of the molecule is CCCCCCCCCC(CCCc1cccc(C(F)(F)F)c1)OC(OCC)OCC. The Kier molecular flexibility index (Phi) is 14.9. The van der Waals surface area contributed by atoms with Crippen LogP contribution in [0.3, 0.4) is 0 Å². The fraction of sp³-hybridized carbons (Fsp3) is 0.760. The summed E-state index contributed by atoms with van der Waals surface area (Å²) in [7, 11) is 0. The zero-order chi connectivity index (χ0) is 23.0. The molecule has 31 heavy (non-hydrogen) atoms. The lowest BCUT2D eigenvalue weighted by atomic mass is 10.0. The Hall–Kier alpha value is -1.11. The summed E-state index contributed by atoms with van der Waals surface area (Å²) in [6.45, 7) is 6.33. The van der Waals surface area contributed by atoms with Crippen molar-refractivity contribution in [3.63, 3.8) is 0 Å². The largest absolute Gasteiger partial charge is 0.416 e. The Morgan fingerprint density at radius 2 is 1.42 bits per heavy atom. The van der Waals surface area contributed by atoms with Crippen molar-refractivity contribution in [2.45, 2.75) is 110 Å². The van der Waals surface area contributed by atoms with E-state index >= 15 is 0 Å². The first-order valence-electron chi connectivity index (χ1n) is 11.9. The average Bonchev–Trinajstić information content (AvgIpc) is 2.73. The minimum Gasteiger partial charge on any atom is -0.330 e. The van der Waals surface area contributed by atoms with E-state index in [1.807, 2.05) is 13.8 Å². The molecule has 1 atom stereocenters. The van der Waals surface area contributed by atoms with Crippen LogP contribution in [0.4, 0.5) is 13.2 Å². The van der Waals surface area contributed by atoms with Crippen molar-refractivity contribution in [1.82, 2.24) is 0 Å². The van der Waals surface area contributed by atoms with Crippen molar-refractivity contribution in [3.05, 3.63) is 35.4 Å². The summed E-state index contributed by atoms with van der Waals surface area (Å²) in [5.41, 5.74) is 0.115. The van der Waals surface area contributed by atoms with Crippen LogP contribution in [-0.4, -0.2) is 25.8 Å². The van der Waals surface area contributed by atoms with Gasteiger partial charge in [0.25, 0.3) is 6.48 Å². The summed E-state index contributed by atoms with van der Waals surface area (Å²) in [5, 5.41) is 0. The molecule has 0 heterocycles. The summed E-state index contributed by atoms with van der Waals surface area (Å²) in [5.74, 6) is 0. The highest BCUT2D eigenvalue weighted by molar-refractivity contribution is 5.25. The molecule has 1 rings (SSSR count). The minimum atomic E-state index is -4.30. The Balaban J connectivity index is 2.54. The van der Waals surface area contributed by atoms with Crippen molar-refractivity contribution < 1.29 is 27.4 Å². The Labute approximate surface area is 186 Å². The highest BCUT2D eigenvalue weighted by Crippen LogP contribution is 2.30. The summed E-state index contributed by atoms with van der Waals surface area (Å²) in [6, 6.07) is 5.59. The maximum atomic E-state index is 12.9. The van der Waals surface area contributed by atoms with Crippen LogP contribution in [0.15, 0.2) is 24.3 Å². The molecule has 0 aliphatic rings. The molecule has 0 fully saturated rings. The number of hydrogen-bond acceptors (Lipinski definition) is 3. The molecule has 0 spiro atoms. The molecule has 180 valence electrons. The lowest BCUT2D eigenvalue weighted by Crippen LogP contribution is -2.27.